The molecule has 3 heteroatoms. The summed E-state index contributed by atoms with van der Waals surface area (Å²) in [6, 6.07) is 10.5. The van der Waals surface area contributed by atoms with Crippen molar-refractivity contribution < 1.29 is 9.21 Å². The molecule has 0 saturated heterocycles. The van der Waals surface area contributed by atoms with Gasteiger partial charge in [-0.15, -0.1) is 0 Å². The average Bonchev–Trinajstić information content (AvgIpc) is 2.72. The van der Waals surface area contributed by atoms with Gasteiger partial charge in [-0.3, -0.25) is 4.79 Å². The number of aryl methyl sites for hydroxylation is 1. The highest BCUT2D eigenvalue weighted by molar-refractivity contribution is 6.31. The van der Waals surface area contributed by atoms with Crippen molar-refractivity contribution in [3.05, 3.63) is 64.6 Å². The Labute approximate surface area is 105 Å². The molecule has 2 nitrogen and oxygen atoms in total. The fraction of sp³-hybridized carbons (Fsp3) is 0.0714. The van der Waals surface area contributed by atoms with Gasteiger partial charge in [-0.2, -0.15) is 0 Å². The van der Waals surface area contributed by atoms with Crippen LogP contribution in [0.15, 0.2) is 46.9 Å². The molecule has 0 bridgehead atoms. The molecule has 1 heterocycles. The van der Waals surface area contributed by atoms with Crippen LogP contribution < -0.4 is 0 Å². The lowest BCUT2D eigenvalue weighted by molar-refractivity contribution is 0.104. The van der Waals surface area contributed by atoms with Crippen LogP contribution >= 0.6 is 11.6 Å². The van der Waals surface area contributed by atoms with E-state index in [0.717, 1.165) is 5.76 Å². The number of allylic oxidation sites excluding steroid dienone is 1. The molecule has 0 amide bonds. The molecule has 2 rings (SSSR count). The van der Waals surface area contributed by atoms with Crippen LogP contribution in [0.25, 0.3) is 6.08 Å². The Morgan fingerprint density at radius 3 is 2.76 bits per heavy atom. The van der Waals surface area contributed by atoms with Crippen molar-refractivity contribution in [1.82, 2.24) is 0 Å². The molecule has 0 aliphatic heterocycles. The minimum Gasteiger partial charge on any atom is -0.462 e. The standard InChI is InChI=1S/C14H11ClO2/c1-10-5-6-13(17-10)7-8-14(16)11-3-2-4-12(15)9-11/h2-9H,1H3/b8-7+. The van der Waals surface area contributed by atoms with Gasteiger partial charge < -0.3 is 4.42 Å². The maximum absolute atomic E-state index is 11.8. The summed E-state index contributed by atoms with van der Waals surface area (Å²) in [5, 5.41) is 0.554. The number of carbonyl (C=O) groups is 1. The molecular weight excluding hydrogens is 236 g/mol. The van der Waals surface area contributed by atoms with Gasteiger partial charge in [0.2, 0.25) is 0 Å². The Hall–Kier alpha value is -1.80. The van der Waals surface area contributed by atoms with Crippen LogP contribution in [0.3, 0.4) is 0 Å². The van der Waals surface area contributed by atoms with Gasteiger partial charge in [-0.05, 0) is 43.3 Å². The van der Waals surface area contributed by atoms with E-state index in [2.05, 4.69) is 0 Å². The first-order chi connectivity index (χ1) is 8.15. The van der Waals surface area contributed by atoms with Gasteiger partial charge in [-0.25, -0.2) is 0 Å². The molecule has 0 saturated carbocycles. The van der Waals surface area contributed by atoms with E-state index in [1.807, 2.05) is 19.1 Å². The zero-order chi connectivity index (χ0) is 12.3. The van der Waals surface area contributed by atoms with Gasteiger partial charge in [0.05, 0.1) is 0 Å². The van der Waals surface area contributed by atoms with Crippen LogP contribution in [0.1, 0.15) is 21.9 Å². The Kier molecular flexibility index (Phi) is 3.45. The van der Waals surface area contributed by atoms with Crippen molar-refractivity contribution in [3.63, 3.8) is 0 Å². The van der Waals surface area contributed by atoms with Crippen LogP contribution in [0, 0.1) is 6.92 Å². The first-order valence-electron chi connectivity index (χ1n) is 5.19. The molecule has 0 radical (unpaired) electrons. The molecule has 0 spiro atoms. The van der Waals surface area contributed by atoms with E-state index in [9.17, 15) is 4.79 Å². The summed E-state index contributed by atoms with van der Waals surface area (Å²) < 4.78 is 5.33. The number of furan rings is 1. The van der Waals surface area contributed by atoms with Crippen LogP contribution in [0.5, 0.6) is 0 Å². The van der Waals surface area contributed by atoms with Crippen molar-refractivity contribution in [1.29, 1.82) is 0 Å². The van der Waals surface area contributed by atoms with Gasteiger partial charge in [-0.1, -0.05) is 23.7 Å². The first-order valence-corrected chi connectivity index (χ1v) is 5.57. The number of ketones is 1. The summed E-state index contributed by atoms with van der Waals surface area (Å²) in [7, 11) is 0. The molecule has 0 N–H and O–H groups in total. The minimum absolute atomic E-state index is 0.0958. The summed E-state index contributed by atoms with van der Waals surface area (Å²) in [4.78, 5) is 11.8. The molecule has 17 heavy (non-hydrogen) atoms. The highest BCUT2D eigenvalue weighted by Crippen LogP contribution is 2.13. The van der Waals surface area contributed by atoms with Crippen LogP contribution in [-0.2, 0) is 0 Å². The molecule has 2 aromatic rings. The number of hydrogen-bond acceptors (Lipinski definition) is 2. The molecule has 0 atom stereocenters. The maximum Gasteiger partial charge on any atom is 0.186 e. The van der Waals surface area contributed by atoms with E-state index in [0.29, 0.717) is 16.3 Å². The van der Waals surface area contributed by atoms with Crippen molar-refractivity contribution in [2.45, 2.75) is 6.92 Å². The van der Waals surface area contributed by atoms with Gasteiger partial charge in [0.15, 0.2) is 5.78 Å². The van der Waals surface area contributed by atoms with Gasteiger partial charge >= 0.3 is 0 Å². The van der Waals surface area contributed by atoms with Crippen LogP contribution in [0.2, 0.25) is 5.02 Å². The Bertz CT molecular complexity index is 567. The summed E-state index contributed by atoms with van der Waals surface area (Å²) in [6.07, 6.45) is 3.13. The summed E-state index contributed by atoms with van der Waals surface area (Å²) in [5.41, 5.74) is 0.567. The fourth-order valence-electron chi connectivity index (χ4n) is 1.44. The topological polar surface area (TPSA) is 30.2 Å². The molecular formula is C14H11ClO2. The number of halogens is 1. The highest BCUT2D eigenvalue weighted by Gasteiger charge is 2.02. The first kappa shape index (κ1) is 11.7. The Balaban J connectivity index is 2.14. The second-order valence-corrected chi connectivity index (χ2v) is 4.09. The SMILES string of the molecule is Cc1ccc(/C=C/C(=O)c2cccc(Cl)c2)o1. The number of hydrogen-bond donors (Lipinski definition) is 0. The molecule has 0 unspecified atom stereocenters. The van der Waals surface area contributed by atoms with E-state index in [1.165, 1.54) is 6.08 Å². The molecule has 0 aliphatic carbocycles. The normalized spacial score (nSPS) is 10.9. The van der Waals surface area contributed by atoms with Crippen LogP contribution in [0.4, 0.5) is 0 Å². The third kappa shape index (κ3) is 3.08. The van der Waals surface area contributed by atoms with Gasteiger partial charge in [0, 0.05) is 10.6 Å². The zero-order valence-electron chi connectivity index (χ0n) is 9.31. The van der Waals surface area contributed by atoms with Gasteiger partial charge in [0.1, 0.15) is 11.5 Å². The quantitative estimate of drug-likeness (QED) is 0.602. The average molecular weight is 247 g/mol. The lowest BCUT2D eigenvalue weighted by atomic mass is 10.1. The van der Waals surface area contributed by atoms with Crippen molar-refractivity contribution in [3.8, 4) is 0 Å². The smallest absolute Gasteiger partial charge is 0.186 e. The largest absolute Gasteiger partial charge is 0.462 e. The van der Waals surface area contributed by atoms with Crippen molar-refractivity contribution >= 4 is 23.5 Å². The monoisotopic (exact) mass is 246 g/mol. The molecule has 86 valence electrons. The summed E-state index contributed by atoms with van der Waals surface area (Å²) in [5.74, 6) is 1.39. The number of carbonyl (C=O) groups excluding carboxylic acids is 1. The van der Waals surface area contributed by atoms with E-state index >= 15 is 0 Å². The van der Waals surface area contributed by atoms with Crippen LogP contribution in [-0.4, -0.2) is 5.78 Å². The molecule has 1 aromatic carbocycles. The Morgan fingerprint density at radius 1 is 1.29 bits per heavy atom. The minimum atomic E-state index is -0.0958. The predicted molar refractivity (Wildman–Crippen MR) is 68.3 cm³/mol. The van der Waals surface area contributed by atoms with E-state index in [-0.39, 0.29) is 5.78 Å². The summed E-state index contributed by atoms with van der Waals surface area (Å²) in [6.45, 7) is 1.86. The molecule has 1 aromatic heterocycles. The third-order valence-corrected chi connectivity index (χ3v) is 2.50. The van der Waals surface area contributed by atoms with Gasteiger partial charge in [0.25, 0.3) is 0 Å². The number of rotatable bonds is 3. The van der Waals surface area contributed by atoms with E-state index in [4.69, 9.17) is 16.0 Å². The Morgan fingerprint density at radius 2 is 2.12 bits per heavy atom. The highest BCUT2D eigenvalue weighted by atomic mass is 35.5. The van der Waals surface area contributed by atoms with E-state index in [1.54, 1.807) is 30.3 Å². The molecule has 0 aliphatic rings. The maximum atomic E-state index is 11.8. The second kappa shape index (κ2) is 5.02. The second-order valence-electron chi connectivity index (χ2n) is 3.66. The zero-order valence-corrected chi connectivity index (χ0v) is 10.1. The fourth-order valence-corrected chi connectivity index (χ4v) is 1.63. The lowest BCUT2D eigenvalue weighted by Crippen LogP contribution is -1.93. The predicted octanol–water partition coefficient (Wildman–Crippen LogP) is 4.14. The third-order valence-electron chi connectivity index (χ3n) is 2.27. The van der Waals surface area contributed by atoms with Crippen molar-refractivity contribution in [2.24, 2.45) is 0 Å². The summed E-state index contributed by atoms with van der Waals surface area (Å²) >= 11 is 5.81. The molecule has 0 fully saturated rings. The van der Waals surface area contributed by atoms with Crippen molar-refractivity contribution in [2.75, 3.05) is 0 Å². The number of benzene rings is 1. The lowest BCUT2D eigenvalue weighted by Gasteiger charge is -1.95. The van der Waals surface area contributed by atoms with E-state index < -0.39 is 0 Å².